The number of hydrogen-bond donors (Lipinski definition) is 2. The van der Waals surface area contributed by atoms with Gasteiger partial charge in [0.05, 0.1) is 13.7 Å². The Labute approximate surface area is 223 Å². The molecule has 2 aliphatic rings. The Morgan fingerprint density at radius 3 is 2.13 bits per heavy atom. The van der Waals surface area contributed by atoms with Crippen LogP contribution < -0.4 is 5.73 Å². The van der Waals surface area contributed by atoms with Crippen molar-refractivity contribution in [2.45, 2.75) is 11.4 Å². The van der Waals surface area contributed by atoms with Crippen LogP contribution in [0.3, 0.4) is 0 Å². The van der Waals surface area contributed by atoms with Gasteiger partial charge in [0.25, 0.3) is 0 Å². The summed E-state index contributed by atoms with van der Waals surface area (Å²) in [6, 6.07) is 21.5. The molecule has 8 heteroatoms. The van der Waals surface area contributed by atoms with Crippen LogP contribution in [-0.4, -0.2) is 52.8 Å². The third kappa shape index (κ3) is 7.58. The van der Waals surface area contributed by atoms with Gasteiger partial charge in [0.2, 0.25) is 5.91 Å². The second-order valence-electron chi connectivity index (χ2n) is 6.31. The molecule has 1 radical (unpaired) electrons. The van der Waals surface area contributed by atoms with E-state index in [0.717, 1.165) is 0 Å². The summed E-state index contributed by atoms with van der Waals surface area (Å²) in [6.07, 6.45) is 1.83. The molecule has 3 N–H and O–H groups in total. The van der Waals surface area contributed by atoms with Crippen molar-refractivity contribution in [3.05, 3.63) is 90.1 Å². The van der Waals surface area contributed by atoms with Gasteiger partial charge in [-0.2, -0.15) is 0 Å². The van der Waals surface area contributed by atoms with Crippen molar-refractivity contribution in [2.24, 2.45) is 5.73 Å². The van der Waals surface area contributed by atoms with Gasteiger partial charge in [-0.25, -0.2) is 4.79 Å². The number of esters is 1. The van der Waals surface area contributed by atoms with Crippen molar-refractivity contribution >= 4 is 29.7 Å². The van der Waals surface area contributed by atoms with Crippen LogP contribution in [0.15, 0.2) is 84.6 Å². The number of fused-ring (bicyclic) bond motifs is 1. The van der Waals surface area contributed by atoms with E-state index in [2.05, 4.69) is 11.3 Å². The zero-order chi connectivity index (χ0) is 21.9. The number of rotatable bonds is 3. The van der Waals surface area contributed by atoms with Gasteiger partial charge in [-0.3, -0.25) is 9.69 Å². The first kappa shape index (κ1) is 27.6. The number of nitrogens with zero attached hydrogens (tertiary/aromatic N) is 1. The summed E-state index contributed by atoms with van der Waals surface area (Å²) in [6.45, 7) is 3.37. The number of carbonyl (C=O) groups excluding carboxylic acids is 2. The number of amides is 1. The number of aliphatic hydroxyl groups excluding tert-OH is 1. The number of carbonyl (C=O) groups is 2. The summed E-state index contributed by atoms with van der Waals surface area (Å²) in [5.74, 6) is -0.415. The maximum Gasteiger partial charge on any atom is 0.354 e. The largest absolute Gasteiger partial charge is 0.464 e. The van der Waals surface area contributed by atoms with Gasteiger partial charge in [0, 0.05) is 49.8 Å². The van der Waals surface area contributed by atoms with Crippen molar-refractivity contribution in [3.63, 3.8) is 0 Å². The standard InChI is InChI=1S/C9H12N2O4S.C8H8.C6H6.Ac/c1-15-9(14)6-4(2-12)3-16-8-5(10)7(13)11(6)8;1-2-8-6-4-3-5-7-8;1-2-4-6-5-3-1;/h5,8,12H,2-3,10H2,1H3;2-7H,1H2;1-6H;. The van der Waals surface area contributed by atoms with Crippen LogP contribution in [0.2, 0.25) is 0 Å². The van der Waals surface area contributed by atoms with E-state index in [1.165, 1.54) is 29.3 Å². The third-order valence-corrected chi connectivity index (χ3v) is 5.72. The van der Waals surface area contributed by atoms with Crippen LogP contribution in [0.25, 0.3) is 6.08 Å². The number of benzene rings is 2. The van der Waals surface area contributed by atoms with Gasteiger partial charge >= 0.3 is 5.97 Å². The number of thioether (sulfide) groups is 1. The Morgan fingerprint density at radius 2 is 1.71 bits per heavy atom. The molecule has 0 bridgehead atoms. The fourth-order valence-electron chi connectivity index (χ4n) is 2.76. The molecular formula is C23H26AcN2O4S. The molecule has 2 atom stereocenters. The van der Waals surface area contributed by atoms with Gasteiger partial charge in [-0.15, -0.1) is 11.8 Å². The molecule has 4 rings (SSSR count). The summed E-state index contributed by atoms with van der Waals surface area (Å²) >= 11 is 1.44. The van der Waals surface area contributed by atoms with Crippen molar-refractivity contribution in [2.75, 3.05) is 19.5 Å². The van der Waals surface area contributed by atoms with E-state index in [1.54, 1.807) is 0 Å². The van der Waals surface area contributed by atoms with E-state index in [9.17, 15) is 9.59 Å². The minimum atomic E-state index is -0.602. The molecule has 2 aliphatic heterocycles. The van der Waals surface area contributed by atoms with E-state index in [1.807, 2.05) is 72.8 Å². The van der Waals surface area contributed by atoms with E-state index in [0.29, 0.717) is 11.3 Å². The summed E-state index contributed by atoms with van der Waals surface area (Å²) in [5.41, 5.74) is 7.45. The summed E-state index contributed by atoms with van der Waals surface area (Å²) in [4.78, 5) is 24.4. The smallest absolute Gasteiger partial charge is 0.354 e. The summed E-state index contributed by atoms with van der Waals surface area (Å²) in [5, 5.41) is 8.93. The fraction of sp³-hybridized carbons (Fsp3) is 0.217. The van der Waals surface area contributed by atoms with Crippen LogP contribution in [0.1, 0.15) is 5.56 Å². The van der Waals surface area contributed by atoms with Crippen molar-refractivity contribution in [1.82, 2.24) is 4.90 Å². The fourth-order valence-corrected chi connectivity index (χ4v) is 4.04. The summed E-state index contributed by atoms with van der Waals surface area (Å²) in [7, 11) is 1.24. The topological polar surface area (TPSA) is 92.9 Å². The first-order chi connectivity index (χ1) is 14.5. The molecule has 2 heterocycles. The first-order valence-corrected chi connectivity index (χ1v) is 10.4. The van der Waals surface area contributed by atoms with E-state index < -0.39 is 12.0 Å². The molecule has 1 fully saturated rings. The Morgan fingerprint density at radius 1 is 1.19 bits per heavy atom. The second-order valence-corrected chi connectivity index (χ2v) is 7.41. The maximum atomic E-state index is 11.6. The Kier molecular flexibility index (Phi) is 13.0. The Hall–Kier alpha value is -1.43. The van der Waals surface area contributed by atoms with Crippen molar-refractivity contribution in [3.8, 4) is 0 Å². The van der Waals surface area contributed by atoms with Crippen LogP contribution in [-0.2, 0) is 14.3 Å². The SMILES string of the molecule is C=Cc1ccccc1.COC(=O)C1=C(CO)CSC2C(N)C(=O)N12.[Ac].c1ccccc1. The number of aliphatic hydroxyl groups is 1. The predicted molar refractivity (Wildman–Crippen MR) is 120 cm³/mol. The van der Waals surface area contributed by atoms with Crippen LogP contribution in [0.4, 0.5) is 0 Å². The molecule has 0 aliphatic carbocycles. The minimum Gasteiger partial charge on any atom is -0.464 e. The molecule has 31 heavy (non-hydrogen) atoms. The van der Waals surface area contributed by atoms with Gasteiger partial charge in [-0.1, -0.05) is 79.4 Å². The first-order valence-electron chi connectivity index (χ1n) is 9.34. The monoisotopic (exact) mass is 653 g/mol. The van der Waals surface area contributed by atoms with Gasteiger partial charge < -0.3 is 15.6 Å². The van der Waals surface area contributed by atoms with Crippen LogP contribution in [0, 0.1) is 44.1 Å². The molecule has 2 unspecified atom stereocenters. The van der Waals surface area contributed by atoms with E-state index in [-0.39, 0.29) is 67.6 Å². The molecule has 161 valence electrons. The maximum absolute atomic E-state index is 11.6. The van der Waals surface area contributed by atoms with Crippen LogP contribution in [0.5, 0.6) is 0 Å². The average Bonchev–Trinajstić information content (AvgIpc) is 2.84. The second kappa shape index (κ2) is 14.6. The normalized spacial score (nSPS) is 18.5. The number of nitrogens with two attached hydrogens (primary N) is 1. The Balaban J connectivity index is 0.000000267. The average molecular weight is 654 g/mol. The third-order valence-electron chi connectivity index (χ3n) is 4.36. The number of methoxy groups -OCH3 is 1. The van der Waals surface area contributed by atoms with Crippen molar-refractivity contribution in [1.29, 1.82) is 0 Å². The zero-order valence-corrected chi connectivity index (χ0v) is 22.9. The number of ether oxygens (including phenoxy) is 1. The molecular weight excluding hydrogens is 627 g/mol. The van der Waals surface area contributed by atoms with E-state index >= 15 is 0 Å². The molecule has 2 aromatic rings. The van der Waals surface area contributed by atoms with E-state index in [4.69, 9.17) is 10.8 Å². The molecule has 1 amide bonds. The van der Waals surface area contributed by atoms with Gasteiger partial charge in [0.1, 0.15) is 17.1 Å². The van der Waals surface area contributed by atoms with Gasteiger partial charge in [-0.05, 0) is 11.1 Å². The minimum absolute atomic E-state index is 0. The quantitative estimate of drug-likeness (QED) is 0.391. The molecule has 2 aromatic carbocycles. The predicted octanol–water partition coefficient (Wildman–Crippen LogP) is 2.66. The molecule has 0 spiro atoms. The number of β-lactam (4-membered cyclic amide) rings is 1. The number of hydrogen-bond acceptors (Lipinski definition) is 6. The zero-order valence-electron chi connectivity index (χ0n) is 17.4. The van der Waals surface area contributed by atoms with Crippen molar-refractivity contribution < 1.29 is 63.5 Å². The molecule has 6 nitrogen and oxygen atoms in total. The molecule has 0 saturated carbocycles. The van der Waals surface area contributed by atoms with Gasteiger partial charge in [0.15, 0.2) is 0 Å². The Bertz CT molecular complexity index is 851. The van der Waals surface area contributed by atoms with Crippen LogP contribution >= 0.6 is 11.8 Å². The molecule has 1 saturated heterocycles. The molecule has 0 aromatic heterocycles. The summed E-state index contributed by atoms with van der Waals surface area (Å²) < 4.78 is 4.61.